The van der Waals surface area contributed by atoms with Crippen LogP contribution in [0.25, 0.3) is 22.3 Å². The molecule has 0 aliphatic carbocycles. The Balaban J connectivity index is 1.57. The van der Waals surface area contributed by atoms with E-state index >= 15 is 4.39 Å². The van der Waals surface area contributed by atoms with Crippen molar-refractivity contribution in [2.45, 2.75) is 18.9 Å². The number of carboxylic acid groups (broad SMARTS) is 1. The normalized spacial score (nSPS) is 15.9. The predicted octanol–water partition coefficient (Wildman–Crippen LogP) is 3.90. The zero-order chi connectivity index (χ0) is 24.7. The number of nitrogen functional groups attached to an aromatic ring is 1. The second kappa shape index (κ2) is 8.75. The van der Waals surface area contributed by atoms with Crippen molar-refractivity contribution in [3.05, 3.63) is 71.6 Å². The number of carbonyl (C=O) groups is 2. The quantitative estimate of drug-likeness (QED) is 0.426. The first-order valence-electron chi connectivity index (χ1n) is 10.9. The van der Waals surface area contributed by atoms with Crippen molar-refractivity contribution in [2.75, 3.05) is 18.8 Å². The van der Waals surface area contributed by atoms with E-state index in [1.807, 2.05) is 0 Å². The van der Waals surface area contributed by atoms with Crippen LogP contribution in [0.1, 0.15) is 34.8 Å². The number of hydrogen-bond donors (Lipinski definition) is 2. The number of fused-ring (bicyclic) bond motifs is 1. The van der Waals surface area contributed by atoms with Crippen molar-refractivity contribution < 1.29 is 23.5 Å². The summed E-state index contributed by atoms with van der Waals surface area (Å²) in [5.74, 6) is -1.71. The summed E-state index contributed by atoms with van der Waals surface area (Å²) in [5, 5.41) is 14.3. The summed E-state index contributed by atoms with van der Waals surface area (Å²) in [5.41, 5.74) is 6.90. The van der Waals surface area contributed by atoms with E-state index in [0.717, 1.165) is 12.1 Å². The predicted molar refractivity (Wildman–Crippen MR) is 123 cm³/mol. The first-order chi connectivity index (χ1) is 16.8. The third kappa shape index (κ3) is 4.05. The van der Waals surface area contributed by atoms with Gasteiger partial charge in [0.1, 0.15) is 29.5 Å². The van der Waals surface area contributed by atoms with Crippen LogP contribution in [-0.4, -0.2) is 54.7 Å². The highest BCUT2D eigenvalue weighted by Gasteiger charge is 2.29. The van der Waals surface area contributed by atoms with Crippen LogP contribution in [0, 0.1) is 11.6 Å². The molecular weight excluding hydrogens is 458 g/mol. The van der Waals surface area contributed by atoms with Gasteiger partial charge in [-0.1, -0.05) is 18.2 Å². The Kier molecular flexibility index (Phi) is 5.59. The highest BCUT2D eigenvalue weighted by Crippen LogP contribution is 2.35. The number of rotatable bonds is 4. The number of likely N-dealkylation sites (tertiary alicyclic amines) is 1. The van der Waals surface area contributed by atoms with Crippen molar-refractivity contribution in [1.82, 2.24) is 24.6 Å². The smallest absolute Gasteiger partial charge is 0.407 e. The van der Waals surface area contributed by atoms with Gasteiger partial charge in [0.2, 0.25) is 0 Å². The number of anilines is 1. The van der Waals surface area contributed by atoms with E-state index in [-0.39, 0.29) is 40.8 Å². The van der Waals surface area contributed by atoms with Crippen molar-refractivity contribution in [2.24, 2.45) is 0 Å². The van der Waals surface area contributed by atoms with Crippen LogP contribution in [0.4, 0.5) is 19.4 Å². The summed E-state index contributed by atoms with van der Waals surface area (Å²) in [6.45, 7) is 0.628. The molecule has 1 unspecified atom stereocenters. The Bertz CT molecular complexity index is 1470. The molecule has 1 aliphatic heterocycles. The second-order valence-electron chi connectivity index (χ2n) is 8.31. The van der Waals surface area contributed by atoms with Crippen molar-refractivity contribution in [3.8, 4) is 11.3 Å². The van der Waals surface area contributed by atoms with Crippen LogP contribution in [0.5, 0.6) is 0 Å². The van der Waals surface area contributed by atoms with Crippen LogP contribution in [0.15, 0.2) is 48.8 Å². The highest BCUT2D eigenvalue weighted by atomic mass is 19.1. The molecule has 3 N–H and O–H groups in total. The Morgan fingerprint density at radius 2 is 1.89 bits per heavy atom. The maximum Gasteiger partial charge on any atom is 0.407 e. The summed E-state index contributed by atoms with van der Waals surface area (Å²) >= 11 is 0. The fourth-order valence-electron chi connectivity index (χ4n) is 4.41. The lowest BCUT2D eigenvalue weighted by Gasteiger charge is -2.30. The molecule has 5 rings (SSSR count). The minimum atomic E-state index is -1.02. The van der Waals surface area contributed by atoms with Gasteiger partial charge in [-0.3, -0.25) is 4.79 Å². The van der Waals surface area contributed by atoms with Gasteiger partial charge in [-0.05, 0) is 37.1 Å². The van der Waals surface area contributed by atoms with Crippen molar-refractivity contribution in [1.29, 1.82) is 0 Å². The summed E-state index contributed by atoms with van der Waals surface area (Å²) in [7, 11) is 0. The molecule has 4 aromatic rings. The average molecular weight is 478 g/mol. The van der Waals surface area contributed by atoms with Crippen LogP contribution in [0.3, 0.4) is 0 Å². The molecule has 178 valence electrons. The van der Waals surface area contributed by atoms with E-state index in [9.17, 15) is 19.1 Å². The lowest BCUT2D eigenvalue weighted by Crippen LogP contribution is -2.40. The molecule has 0 saturated carbocycles. The number of piperidine rings is 1. The molecule has 2 aromatic heterocycles. The van der Waals surface area contributed by atoms with Gasteiger partial charge in [-0.25, -0.2) is 28.2 Å². The molecular formula is C24H20F2N6O3. The van der Waals surface area contributed by atoms with Gasteiger partial charge in [0.25, 0.3) is 0 Å². The van der Waals surface area contributed by atoms with Gasteiger partial charge in [0.05, 0.1) is 11.4 Å². The zero-order valence-corrected chi connectivity index (χ0v) is 18.4. The molecule has 35 heavy (non-hydrogen) atoms. The molecule has 2 aromatic carbocycles. The third-order valence-electron chi connectivity index (χ3n) is 6.10. The standard InChI is InChI=1S/C24H20F2N6O3/c25-15-4-1-3-13(9-15)21(33)14-6-7-17(18(26)10-14)20-19-22(27)28-12-29-23(19)32(30-20)16-5-2-8-31(11-16)24(34)35/h1,3-4,6-7,9-10,12,16H,2,5,8,11H2,(H,34,35)(H2,27,28,29). The molecule has 0 bridgehead atoms. The van der Waals surface area contributed by atoms with Gasteiger partial charge in [-0.2, -0.15) is 5.10 Å². The molecule has 11 heteroatoms. The lowest BCUT2D eigenvalue weighted by molar-refractivity contribution is 0.103. The van der Waals surface area contributed by atoms with Gasteiger partial charge in [0, 0.05) is 29.8 Å². The van der Waals surface area contributed by atoms with Gasteiger partial charge in [-0.15, -0.1) is 0 Å². The molecule has 1 aliphatic rings. The molecule has 1 fully saturated rings. The Morgan fingerprint density at radius 3 is 2.63 bits per heavy atom. The van der Waals surface area contributed by atoms with E-state index in [4.69, 9.17) is 5.73 Å². The maximum atomic E-state index is 15.3. The Morgan fingerprint density at radius 1 is 1.09 bits per heavy atom. The third-order valence-corrected chi connectivity index (χ3v) is 6.10. The molecule has 1 amide bonds. The highest BCUT2D eigenvalue weighted by molar-refractivity contribution is 6.09. The minimum Gasteiger partial charge on any atom is -0.465 e. The number of amides is 1. The number of halogens is 2. The van der Waals surface area contributed by atoms with Crippen molar-refractivity contribution in [3.63, 3.8) is 0 Å². The van der Waals surface area contributed by atoms with Gasteiger partial charge >= 0.3 is 6.09 Å². The summed E-state index contributed by atoms with van der Waals surface area (Å²) in [6, 6.07) is 8.76. The molecule has 3 heterocycles. The first kappa shape index (κ1) is 22.4. The van der Waals surface area contributed by atoms with E-state index < -0.39 is 23.5 Å². The fraction of sp³-hybridized carbons (Fsp3) is 0.208. The van der Waals surface area contributed by atoms with E-state index in [1.165, 1.54) is 41.6 Å². The van der Waals surface area contributed by atoms with Crippen LogP contribution in [0.2, 0.25) is 0 Å². The van der Waals surface area contributed by atoms with Crippen LogP contribution in [-0.2, 0) is 0 Å². The Hall–Kier alpha value is -4.41. The maximum absolute atomic E-state index is 15.3. The van der Waals surface area contributed by atoms with Crippen molar-refractivity contribution >= 4 is 28.7 Å². The van der Waals surface area contributed by atoms with Gasteiger partial charge < -0.3 is 15.7 Å². The molecule has 1 atom stereocenters. The summed E-state index contributed by atoms with van der Waals surface area (Å²) < 4.78 is 30.4. The zero-order valence-electron chi connectivity index (χ0n) is 18.4. The molecule has 1 saturated heterocycles. The monoisotopic (exact) mass is 478 g/mol. The van der Waals surface area contributed by atoms with E-state index in [2.05, 4.69) is 15.1 Å². The topological polar surface area (TPSA) is 127 Å². The number of hydrogen-bond acceptors (Lipinski definition) is 6. The fourth-order valence-corrected chi connectivity index (χ4v) is 4.41. The van der Waals surface area contributed by atoms with Crippen LogP contribution < -0.4 is 5.73 Å². The average Bonchev–Trinajstić information content (AvgIpc) is 3.24. The number of ketones is 1. The second-order valence-corrected chi connectivity index (χ2v) is 8.31. The minimum absolute atomic E-state index is 0.0502. The number of aromatic nitrogens is 4. The molecule has 9 nitrogen and oxygen atoms in total. The number of nitrogens with two attached hydrogens (primary N) is 1. The summed E-state index contributed by atoms with van der Waals surface area (Å²) in [4.78, 5) is 33.8. The number of benzene rings is 2. The summed E-state index contributed by atoms with van der Waals surface area (Å²) in [6.07, 6.45) is 1.55. The first-order valence-corrected chi connectivity index (χ1v) is 10.9. The SMILES string of the molecule is Nc1ncnc2c1c(-c1ccc(C(=O)c3cccc(F)c3)cc1F)nn2C1CCCN(C(=O)O)C1. The molecule has 0 radical (unpaired) electrons. The number of nitrogens with zero attached hydrogens (tertiary/aromatic N) is 5. The van der Waals surface area contributed by atoms with E-state index in [1.54, 1.807) is 4.68 Å². The van der Waals surface area contributed by atoms with Gasteiger partial charge in [0.15, 0.2) is 11.4 Å². The largest absolute Gasteiger partial charge is 0.465 e. The van der Waals surface area contributed by atoms with E-state index in [0.29, 0.717) is 30.4 Å². The Labute approximate surface area is 197 Å². The molecule has 0 spiro atoms. The lowest BCUT2D eigenvalue weighted by atomic mass is 10.00. The number of carbonyl (C=O) groups excluding carboxylic acids is 1. The van der Waals surface area contributed by atoms with Crippen LogP contribution >= 0.6 is 0 Å².